The fraction of sp³-hybridized carbons (Fsp3) is 0.409. The van der Waals surface area contributed by atoms with Gasteiger partial charge in [-0.25, -0.2) is 0 Å². The number of hydrogen-bond donors (Lipinski definition) is 1. The fourth-order valence-electron chi connectivity index (χ4n) is 3.34. The van der Waals surface area contributed by atoms with Gasteiger partial charge in [0.1, 0.15) is 24.7 Å². The summed E-state index contributed by atoms with van der Waals surface area (Å²) in [6.45, 7) is 5.32. The summed E-state index contributed by atoms with van der Waals surface area (Å²) in [5.74, 6) is 2.98. The van der Waals surface area contributed by atoms with Crippen LogP contribution in [0, 0.1) is 5.92 Å². The molecule has 0 aromatic heterocycles. The number of nitrogens with one attached hydrogen (secondary N) is 1. The van der Waals surface area contributed by atoms with Gasteiger partial charge in [0.25, 0.3) is 0 Å². The predicted octanol–water partition coefficient (Wildman–Crippen LogP) is 4.24. The molecule has 0 saturated heterocycles. The highest BCUT2D eigenvalue weighted by Crippen LogP contribution is 2.37. The molecule has 6 heteroatoms. The zero-order valence-corrected chi connectivity index (χ0v) is 16.8. The number of hydrogen-bond acceptors (Lipinski definition) is 5. The average molecular weight is 385 g/mol. The molecule has 1 N–H and O–H groups in total. The first-order chi connectivity index (χ1) is 13.5. The van der Waals surface area contributed by atoms with Gasteiger partial charge in [0.05, 0.1) is 19.9 Å². The summed E-state index contributed by atoms with van der Waals surface area (Å²) in [7, 11) is 3.16. The van der Waals surface area contributed by atoms with Crippen molar-refractivity contribution in [3.8, 4) is 23.0 Å². The second-order valence-corrected chi connectivity index (χ2v) is 7.07. The van der Waals surface area contributed by atoms with E-state index in [0.29, 0.717) is 36.8 Å². The Labute approximate surface area is 165 Å². The van der Waals surface area contributed by atoms with Crippen LogP contribution in [-0.2, 0) is 4.79 Å². The molecule has 1 aliphatic rings. The number of carbonyl (C=O) groups excluding carboxylic acids is 1. The first kappa shape index (κ1) is 19.9. The highest BCUT2D eigenvalue weighted by Gasteiger charge is 2.23. The number of rotatable bonds is 7. The maximum absolute atomic E-state index is 12.8. The van der Waals surface area contributed by atoms with Crippen LogP contribution >= 0.6 is 0 Å². The Morgan fingerprint density at radius 3 is 2.46 bits per heavy atom. The van der Waals surface area contributed by atoms with E-state index in [0.717, 1.165) is 17.1 Å². The predicted molar refractivity (Wildman–Crippen MR) is 108 cm³/mol. The summed E-state index contributed by atoms with van der Waals surface area (Å²) < 4.78 is 21.9. The van der Waals surface area contributed by atoms with Crippen LogP contribution in [0.1, 0.15) is 31.7 Å². The number of fused-ring (bicyclic) bond motifs is 1. The maximum atomic E-state index is 12.8. The summed E-state index contributed by atoms with van der Waals surface area (Å²) in [6, 6.07) is 11.2. The molecule has 0 aliphatic carbocycles. The smallest absolute Gasteiger partial charge is 0.225 e. The van der Waals surface area contributed by atoms with E-state index in [9.17, 15) is 4.79 Å². The van der Waals surface area contributed by atoms with Crippen LogP contribution in [0.3, 0.4) is 0 Å². The van der Waals surface area contributed by atoms with Crippen LogP contribution in [0.25, 0.3) is 0 Å². The standard InChI is InChI=1S/C22H27NO5/c1-14(2)17(15-5-7-20-21(11-15)28-10-9-27-20)13-22(24)23-18-12-16(25-3)6-8-19(18)26-4/h5-8,11-12,14,17H,9-10,13H2,1-4H3,(H,23,24). The van der Waals surface area contributed by atoms with Crippen LogP contribution in [0.5, 0.6) is 23.0 Å². The maximum Gasteiger partial charge on any atom is 0.225 e. The van der Waals surface area contributed by atoms with E-state index in [1.165, 1.54) is 0 Å². The van der Waals surface area contributed by atoms with Crippen molar-refractivity contribution in [2.75, 3.05) is 32.8 Å². The minimum absolute atomic E-state index is 0.0485. The fourth-order valence-corrected chi connectivity index (χ4v) is 3.34. The number of ether oxygens (including phenoxy) is 4. The van der Waals surface area contributed by atoms with Gasteiger partial charge in [0.15, 0.2) is 11.5 Å². The van der Waals surface area contributed by atoms with Crippen LogP contribution in [-0.4, -0.2) is 33.3 Å². The van der Waals surface area contributed by atoms with E-state index in [1.807, 2.05) is 18.2 Å². The quantitative estimate of drug-likeness (QED) is 0.772. The summed E-state index contributed by atoms with van der Waals surface area (Å²) in [6.07, 6.45) is 0.345. The molecule has 1 unspecified atom stereocenters. The van der Waals surface area contributed by atoms with E-state index < -0.39 is 0 Å². The van der Waals surface area contributed by atoms with Gasteiger partial charge < -0.3 is 24.3 Å². The first-order valence-corrected chi connectivity index (χ1v) is 9.43. The molecule has 0 spiro atoms. The van der Waals surface area contributed by atoms with E-state index >= 15 is 0 Å². The highest BCUT2D eigenvalue weighted by atomic mass is 16.6. The highest BCUT2D eigenvalue weighted by molar-refractivity contribution is 5.93. The van der Waals surface area contributed by atoms with E-state index in [-0.39, 0.29) is 17.7 Å². The number of amides is 1. The molecule has 150 valence electrons. The molecular formula is C22H27NO5. The van der Waals surface area contributed by atoms with E-state index in [4.69, 9.17) is 18.9 Å². The van der Waals surface area contributed by atoms with E-state index in [2.05, 4.69) is 19.2 Å². The minimum atomic E-state index is -0.0832. The Balaban J connectivity index is 1.77. The summed E-state index contributed by atoms with van der Waals surface area (Å²) in [5, 5.41) is 2.95. The van der Waals surface area contributed by atoms with Crippen molar-refractivity contribution in [1.29, 1.82) is 0 Å². The van der Waals surface area contributed by atoms with Crippen molar-refractivity contribution < 1.29 is 23.7 Å². The minimum Gasteiger partial charge on any atom is -0.497 e. The van der Waals surface area contributed by atoms with Gasteiger partial charge in [0, 0.05) is 12.5 Å². The van der Waals surface area contributed by atoms with Gasteiger partial charge in [-0.05, 0) is 41.7 Å². The van der Waals surface area contributed by atoms with Crippen molar-refractivity contribution in [3.63, 3.8) is 0 Å². The van der Waals surface area contributed by atoms with Crippen LogP contribution in [0.4, 0.5) is 5.69 Å². The molecule has 1 amide bonds. The SMILES string of the molecule is COc1ccc(OC)c(NC(=O)CC(c2ccc3c(c2)OCCO3)C(C)C)c1. The van der Waals surface area contributed by atoms with Crippen molar-refractivity contribution in [2.45, 2.75) is 26.2 Å². The molecule has 3 rings (SSSR count). The lowest BCUT2D eigenvalue weighted by molar-refractivity contribution is -0.116. The normalized spacial score (nSPS) is 13.8. The van der Waals surface area contributed by atoms with Gasteiger partial charge in [-0.15, -0.1) is 0 Å². The van der Waals surface area contributed by atoms with Gasteiger partial charge >= 0.3 is 0 Å². The molecular weight excluding hydrogens is 358 g/mol. The van der Waals surface area contributed by atoms with Crippen LogP contribution in [0.2, 0.25) is 0 Å². The summed E-state index contributed by atoms with van der Waals surface area (Å²) in [5.41, 5.74) is 1.66. The zero-order chi connectivity index (χ0) is 20.1. The summed E-state index contributed by atoms with van der Waals surface area (Å²) in [4.78, 5) is 12.8. The van der Waals surface area contributed by atoms with Gasteiger partial charge in [0.2, 0.25) is 5.91 Å². The van der Waals surface area contributed by atoms with Crippen molar-refractivity contribution >= 4 is 11.6 Å². The Morgan fingerprint density at radius 1 is 1.04 bits per heavy atom. The lowest BCUT2D eigenvalue weighted by Crippen LogP contribution is -2.20. The first-order valence-electron chi connectivity index (χ1n) is 9.43. The Hall–Kier alpha value is -2.89. The molecule has 1 atom stereocenters. The van der Waals surface area contributed by atoms with Crippen LogP contribution in [0.15, 0.2) is 36.4 Å². The average Bonchev–Trinajstić information content (AvgIpc) is 2.71. The Morgan fingerprint density at radius 2 is 1.79 bits per heavy atom. The molecule has 0 bridgehead atoms. The second-order valence-electron chi connectivity index (χ2n) is 7.07. The largest absolute Gasteiger partial charge is 0.497 e. The third-order valence-electron chi connectivity index (χ3n) is 4.89. The number of carbonyl (C=O) groups is 1. The lowest BCUT2D eigenvalue weighted by atomic mass is 9.85. The van der Waals surface area contributed by atoms with Crippen molar-refractivity contribution in [2.24, 2.45) is 5.92 Å². The van der Waals surface area contributed by atoms with Gasteiger partial charge in [-0.3, -0.25) is 4.79 Å². The van der Waals surface area contributed by atoms with Gasteiger partial charge in [-0.1, -0.05) is 19.9 Å². The third-order valence-corrected chi connectivity index (χ3v) is 4.89. The molecule has 0 fully saturated rings. The number of anilines is 1. The molecule has 0 saturated carbocycles. The molecule has 1 heterocycles. The van der Waals surface area contributed by atoms with Crippen molar-refractivity contribution in [1.82, 2.24) is 0 Å². The van der Waals surface area contributed by atoms with Crippen LogP contribution < -0.4 is 24.3 Å². The Bertz CT molecular complexity index is 834. The second kappa shape index (κ2) is 8.87. The third kappa shape index (κ3) is 4.50. The van der Waals surface area contributed by atoms with Crippen molar-refractivity contribution in [3.05, 3.63) is 42.0 Å². The topological polar surface area (TPSA) is 66.0 Å². The molecule has 0 radical (unpaired) electrons. The molecule has 6 nitrogen and oxygen atoms in total. The van der Waals surface area contributed by atoms with Gasteiger partial charge in [-0.2, -0.15) is 0 Å². The molecule has 1 aliphatic heterocycles. The molecule has 2 aromatic carbocycles. The number of benzene rings is 2. The lowest BCUT2D eigenvalue weighted by Gasteiger charge is -2.24. The Kier molecular flexibility index (Phi) is 6.29. The number of methoxy groups -OCH3 is 2. The zero-order valence-electron chi connectivity index (χ0n) is 16.8. The molecule has 2 aromatic rings. The molecule has 28 heavy (non-hydrogen) atoms. The summed E-state index contributed by atoms with van der Waals surface area (Å²) >= 11 is 0. The van der Waals surface area contributed by atoms with E-state index in [1.54, 1.807) is 32.4 Å². The monoisotopic (exact) mass is 385 g/mol.